The molecule has 16 heavy (non-hydrogen) atoms. The molecule has 4 nitrogen and oxygen atoms in total. The molecule has 0 saturated carbocycles. The lowest BCUT2D eigenvalue weighted by Gasteiger charge is -2.20. The second kappa shape index (κ2) is 5.20. The number of nitrogens with zero attached hydrogens (tertiary/aromatic N) is 3. The standard InChI is InChI=1S/C10H8ClFN4/c11-7-5-9(15)10(6-8(7)12)16(3-1-13)4-2-14/h5-6H,3-4,15H2. The van der Waals surface area contributed by atoms with Crippen LogP contribution in [0.25, 0.3) is 0 Å². The molecule has 1 rings (SSSR count). The smallest absolute Gasteiger partial charge is 0.144 e. The van der Waals surface area contributed by atoms with Crippen molar-refractivity contribution in [1.29, 1.82) is 10.5 Å². The minimum absolute atomic E-state index is 0.0428. The van der Waals surface area contributed by atoms with E-state index in [2.05, 4.69) is 0 Å². The van der Waals surface area contributed by atoms with Gasteiger partial charge in [-0.15, -0.1) is 0 Å². The van der Waals surface area contributed by atoms with Gasteiger partial charge in [-0.1, -0.05) is 11.6 Å². The number of nitrogen functional groups attached to an aromatic ring is 1. The van der Waals surface area contributed by atoms with Crippen molar-refractivity contribution < 1.29 is 4.39 Å². The molecule has 0 unspecified atom stereocenters. The topological polar surface area (TPSA) is 76.8 Å². The fourth-order valence-corrected chi connectivity index (χ4v) is 1.39. The molecule has 0 radical (unpaired) electrons. The number of nitrogens with two attached hydrogens (primary N) is 1. The predicted molar refractivity (Wildman–Crippen MR) is 59.3 cm³/mol. The van der Waals surface area contributed by atoms with Gasteiger partial charge in [-0.3, -0.25) is 0 Å². The number of benzene rings is 1. The SMILES string of the molecule is N#CCN(CC#N)c1cc(F)c(Cl)cc1N. The Morgan fingerprint density at radius 1 is 1.31 bits per heavy atom. The summed E-state index contributed by atoms with van der Waals surface area (Å²) in [5.74, 6) is -0.633. The minimum Gasteiger partial charge on any atom is -0.397 e. The van der Waals surface area contributed by atoms with E-state index in [0.29, 0.717) is 5.69 Å². The third-order valence-corrected chi connectivity index (χ3v) is 2.22. The van der Waals surface area contributed by atoms with Gasteiger partial charge in [0.25, 0.3) is 0 Å². The van der Waals surface area contributed by atoms with E-state index >= 15 is 0 Å². The minimum atomic E-state index is -0.633. The van der Waals surface area contributed by atoms with Crippen LogP contribution in [-0.4, -0.2) is 13.1 Å². The highest BCUT2D eigenvalue weighted by Crippen LogP contribution is 2.28. The summed E-state index contributed by atoms with van der Waals surface area (Å²) in [4.78, 5) is 1.37. The van der Waals surface area contributed by atoms with Crippen LogP contribution in [0.5, 0.6) is 0 Å². The molecule has 82 valence electrons. The van der Waals surface area contributed by atoms with E-state index in [9.17, 15) is 4.39 Å². The van der Waals surface area contributed by atoms with E-state index in [1.165, 1.54) is 11.0 Å². The van der Waals surface area contributed by atoms with Gasteiger partial charge in [0.1, 0.15) is 18.9 Å². The van der Waals surface area contributed by atoms with Crippen LogP contribution < -0.4 is 10.6 Å². The van der Waals surface area contributed by atoms with Crippen molar-refractivity contribution in [2.45, 2.75) is 0 Å². The molecule has 0 aromatic heterocycles. The Labute approximate surface area is 97.2 Å². The summed E-state index contributed by atoms with van der Waals surface area (Å²) in [6, 6.07) is 6.13. The zero-order valence-electron chi connectivity index (χ0n) is 8.24. The Morgan fingerprint density at radius 3 is 2.38 bits per heavy atom. The van der Waals surface area contributed by atoms with E-state index in [4.69, 9.17) is 27.9 Å². The summed E-state index contributed by atoms with van der Waals surface area (Å²) in [6.07, 6.45) is 0. The van der Waals surface area contributed by atoms with Crippen LogP contribution in [0.1, 0.15) is 0 Å². The quantitative estimate of drug-likeness (QED) is 0.645. The van der Waals surface area contributed by atoms with E-state index in [0.717, 1.165) is 6.07 Å². The molecule has 0 spiro atoms. The van der Waals surface area contributed by atoms with E-state index in [-0.39, 0.29) is 23.8 Å². The number of anilines is 2. The average molecular weight is 239 g/mol. The lowest BCUT2D eigenvalue weighted by atomic mass is 10.2. The van der Waals surface area contributed by atoms with Crippen LogP contribution in [0.15, 0.2) is 12.1 Å². The maximum Gasteiger partial charge on any atom is 0.144 e. The fraction of sp³-hybridized carbons (Fsp3) is 0.200. The van der Waals surface area contributed by atoms with Gasteiger partial charge in [-0.05, 0) is 6.07 Å². The fourth-order valence-electron chi connectivity index (χ4n) is 1.22. The van der Waals surface area contributed by atoms with Gasteiger partial charge >= 0.3 is 0 Å². The first-order chi connectivity index (χ1) is 7.60. The van der Waals surface area contributed by atoms with Crippen molar-refractivity contribution >= 4 is 23.0 Å². The van der Waals surface area contributed by atoms with E-state index < -0.39 is 5.82 Å². The van der Waals surface area contributed by atoms with Gasteiger partial charge in [-0.2, -0.15) is 10.5 Å². The Bertz CT molecular complexity index is 459. The third-order valence-electron chi connectivity index (χ3n) is 1.93. The zero-order chi connectivity index (χ0) is 12.1. The van der Waals surface area contributed by atoms with Gasteiger partial charge < -0.3 is 10.6 Å². The van der Waals surface area contributed by atoms with E-state index in [1.54, 1.807) is 0 Å². The summed E-state index contributed by atoms with van der Waals surface area (Å²) in [6.45, 7) is -0.0857. The largest absolute Gasteiger partial charge is 0.397 e. The summed E-state index contributed by atoms with van der Waals surface area (Å²) >= 11 is 5.54. The Kier molecular flexibility index (Phi) is 3.93. The van der Waals surface area contributed by atoms with Crippen LogP contribution in [0.2, 0.25) is 5.02 Å². The van der Waals surface area contributed by atoms with Crippen LogP contribution in [0, 0.1) is 28.5 Å². The molecular weight excluding hydrogens is 231 g/mol. The normalized spacial score (nSPS) is 9.25. The van der Waals surface area contributed by atoms with Crippen molar-refractivity contribution in [2.75, 3.05) is 23.7 Å². The molecule has 6 heteroatoms. The Morgan fingerprint density at radius 2 is 1.88 bits per heavy atom. The first kappa shape index (κ1) is 12.1. The molecule has 0 aliphatic rings. The van der Waals surface area contributed by atoms with Crippen LogP contribution in [0.3, 0.4) is 0 Å². The first-order valence-corrected chi connectivity index (χ1v) is 4.71. The molecule has 0 aliphatic carbocycles. The summed E-state index contributed by atoms with van der Waals surface area (Å²) in [7, 11) is 0. The highest BCUT2D eigenvalue weighted by atomic mass is 35.5. The molecule has 0 saturated heterocycles. The Balaban J connectivity index is 3.15. The monoisotopic (exact) mass is 238 g/mol. The summed E-state index contributed by atoms with van der Waals surface area (Å²) in [5, 5.41) is 17.1. The molecule has 0 bridgehead atoms. The molecule has 0 heterocycles. The van der Waals surface area contributed by atoms with Gasteiger partial charge in [-0.25, -0.2) is 4.39 Å². The van der Waals surface area contributed by atoms with Gasteiger partial charge in [0.05, 0.1) is 28.5 Å². The van der Waals surface area contributed by atoms with Crippen LogP contribution in [0.4, 0.5) is 15.8 Å². The molecule has 1 aromatic carbocycles. The van der Waals surface area contributed by atoms with Gasteiger partial charge in [0.15, 0.2) is 0 Å². The lowest BCUT2D eigenvalue weighted by molar-refractivity contribution is 0.628. The highest BCUT2D eigenvalue weighted by molar-refractivity contribution is 6.31. The third kappa shape index (κ3) is 2.53. The maximum atomic E-state index is 13.2. The van der Waals surface area contributed by atoms with E-state index in [1.807, 2.05) is 12.1 Å². The number of halogens is 2. The molecular formula is C10H8ClFN4. The second-order valence-corrected chi connectivity index (χ2v) is 3.40. The van der Waals surface area contributed by atoms with Gasteiger partial charge in [0, 0.05) is 6.07 Å². The molecule has 0 atom stereocenters. The summed E-state index contributed by atoms with van der Waals surface area (Å²) in [5.41, 5.74) is 6.17. The van der Waals surface area contributed by atoms with Crippen molar-refractivity contribution in [3.8, 4) is 12.1 Å². The Hall–Kier alpha value is -1.98. The molecule has 0 fully saturated rings. The number of hydrogen-bond donors (Lipinski definition) is 1. The van der Waals surface area contributed by atoms with Crippen molar-refractivity contribution in [1.82, 2.24) is 0 Å². The summed E-state index contributed by atoms with van der Waals surface area (Å²) < 4.78 is 13.2. The zero-order valence-corrected chi connectivity index (χ0v) is 9.00. The first-order valence-electron chi connectivity index (χ1n) is 4.33. The molecule has 2 N–H and O–H groups in total. The van der Waals surface area contributed by atoms with Crippen molar-refractivity contribution in [3.05, 3.63) is 23.0 Å². The van der Waals surface area contributed by atoms with Crippen molar-refractivity contribution in [2.24, 2.45) is 0 Å². The maximum absolute atomic E-state index is 13.2. The average Bonchev–Trinajstić information content (AvgIpc) is 2.23. The van der Waals surface area contributed by atoms with Crippen LogP contribution in [-0.2, 0) is 0 Å². The van der Waals surface area contributed by atoms with Gasteiger partial charge in [0.2, 0.25) is 0 Å². The highest BCUT2D eigenvalue weighted by Gasteiger charge is 2.12. The van der Waals surface area contributed by atoms with Crippen molar-refractivity contribution in [3.63, 3.8) is 0 Å². The second-order valence-electron chi connectivity index (χ2n) is 3.00. The molecule has 0 amide bonds. The number of hydrogen-bond acceptors (Lipinski definition) is 4. The molecule has 1 aromatic rings. The number of rotatable bonds is 3. The van der Waals surface area contributed by atoms with Crippen LogP contribution >= 0.6 is 11.6 Å². The number of nitriles is 2. The molecule has 0 aliphatic heterocycles. The lowest BCUT2D eigenvalue weighted by Crippen LogP contribution is -2.24. The predicted octanol–water partition coefficient (Wildman–Crippen LogP) is 1.91.